The molecule has 0 fully saturated rings. The molecule has 0 aliphatic carbocycles. The molecule has 0 amide bonds. The molecule has 3 aromatic carbocycles. The van der Waals surface area contributed by atoms with Gasteiger partial charge >= 0.3 is 12.8 Å². The summed E-state index contributed by atoms with van der Waals surface area (Å²) >= 11 is 0. The molecule has 1 unspecified atom stereocenters. The van der Waals surface area contributed by atoms with Crippen LogP contribution in [0, 0.1) is 5.82 Å². The van der Waals surface area contributed by atoms with Crippen molar-refractivity contribution in [2.45, 2.75) is 23.8 Å². The zero-order valence-electron chi connectivity index (χ0n) is 20.2. The monoisotopic (exact) mass is 611 g/mol. The van der Waals surface area contributed by atoms with Gasteiger partial charge in [0.1, 0.15) is 30.0 Å². The van der Waals surface area contributed by atoms with E-state index in [0.29, 0.717) is 22.5 Å². The number of ether oxygens (including phenoxy) is 2. The van der Waals surface area contributed by atoms with Crippen molar-refractivity contribution in [2.24, 2.45) is 0 Å². The highest BCUT2D eigenvalue weighted by Gasteiger charge is 2.37. The molecule has 3 aromatic rings. The largest absolute Gasteiger partial charge is 0.484 e. The van der Waals surface area contributed by atoms with E-state index in [1.165, 1.54) is 18.2 Å². The number of hydrogen-bond acceptors (Lipinski definition) is 7. The van der Waals surface area contributed by atoms with Crippen LogP contribution in [0.5, 0.6) is 11.5 Å². The Morgan fingerprint density at radius 2 is 1.73 bits per heavy atom. The summed E-state index contributed by atoms with van der Waals surface area (Å²) < 4.78 is 145. The first-order chi connectivity index (χ1) is 18.5. The molecule has 0 N–H and O–H groups in total. The summed E-state index contributed by atoms with van der Waals surface area (Å²) in [7, 11) is -8.69. The first-order valence-electron chi connectivity index (χ1n) is 11.1. The van der Waals surface area contributed by atoms with Crippen molar-refractivity contribution >= 4 is 25.8 Å². The van der Waals surface area contributed by atoms with Crippen molar-refractivity contribution in [1.82, 2.24) is 0 Å². The normalized spacial score (nSPS) is 16.0. The van der Waals surface area contributed by atoms with Gasteiger partial charge in [-0.2, -0.15) is 30.4 Å². The second kappa shape index (κ2) is 10.8. The highest BCUT2D eigenvalue weighted by Crippen LogP contribution is 2.41. The summed E-state index contributed by atoms with van der Waals surface area (Å²) in [5.74, 6) is -1.56. The van der Waals surface area contributed by atoms with E-state index in [4.69, 9.17) is 8.92 Å². The topological polar surface area (TPSA) is 99.2 Å². The molecule has 0 spiro atoms. The Hall–Kier alpha value is -3.50. The third-order valence-corrected chi connectivity index (χ3v) is 7.88. The Morgan fingerprint density at radius 3 is 2.38 bits per heavy atom. The fourth-order valence-corrected chi connectivity index (χ4v) is 5.81. The van der Waals surface area contributed by atoms with Crippen molar-refractivity contribution in [3.8, 4) is 22.6 Å². The summed E-state index contributed by atoms with van der Waals surface area (Å²) in [6, 6.07) is 9.56. The van der Waals surface area contributed by atoms with Crippen LogP contribution in [0.25, 0.3) is 11.1 Å². The Labute approximate surface area is 224 Å². The van der Waals surface area contributed by atoms with Gasteiger partial charge in [-0.1, -0.05) is 12.1 Å². The first-order valence-corrected chi connectivity index (χ1v) is 14.4. The van der Waals surface area contributed by atoms with Crippen LogP contribution in [0.1, 0.15) is 5.56 Å². The number of anilines is 1. The molecule has 1 aliphatic rings. The second-order valence-corrected chi connectivity index (χ2v) is 12.0. The summed E-state index contributed by atoms with van der Waals surface area (Å²) in [4.78, 5) is -0.721. The van der Waals surface area contributed by atoms with E-state index in [1.807, 2.05) is 0 Å². The molecule has 8 nitrogen and oxygen atoms in total. The maximum Gasteiger partial charge on any atom is 0.416 e. The van der Waals surface area contributed by atoms with Gasteiger partial charge in [-0.25, -0.2) is 12.8 Å². The Balaban J connectivity index is 1.82. The lowest BCUT2D eigenvalue weighted by Crippen LogP contribution is -2.45. The number of nitrogens with zero attached hydrogens (tertiary/aromatic N) is 1. The molecule has 0 radical (unpaired) electrons. The van der Waals surface area contributed by atoms with Crippen molar-refractivity contribution < 1.29 is 56.8 Å². The minimum atomic E-state index is -4.84. The molecule has 0 saturated carbocycles. The second-order valence-electron chi connectivity index (χ2n) is 8.53. The van der Waals surface area contributed by atoms with E-state index in [2.05, 4.69) is 4.74 Å². The molecule has 1 atom stereocenters. The van der Waals surface area contributed by atoms with Crippen molar-refractivity contribution in [1.29, 1.82) is 0 Å². The van der Waals surface area contributed by atoms with E-state index in [1.54, 1.807) is 0 Å². The van der Waals surface area contributed by atoms with Crippen LogP contribution >= 0.6 is 0 Å². The number of benzene rings is 3. The number of fused-ring (bicyclic) bond motifs is 1. The van der Waals surface area contributed by atoms with Crippen LogP contribution in [-0.4, -0.2) is 49.0 Å². The van der Waals surface area contributed by atoms with Crippen LogP contribution < -0.4 is 13.8 Å². The zero-order valence-corrected chi connectivity index (χ0v) is 21.9. The van der Waals surface area contributed by atoms with Crippen LogP contribution in [-0.2, 0) is 30.5 Å². The van der Waals surface area contributed by atoms with Crippen LogP contribution in [0.3, 0.4) is 0 Å². The molecule has 216 valence electrons. The number of sulfonamides is 1. The molecule has 4 rings (SSSR count). The van der Waals surface area contributed by atoms with E-state index >= 15 is 0 Å². The van der Waals surface area contributed by atoms with Gasteiger partial charge in [-0.05, 0) is 53.6 Å². The molecule has 1 heterocycles. The lowest BCUT2D eigenvalue weighted by Gasteiger charge is -2.35. The smallest absolute Gasteiger partial charge is 0.416 e. The van der Waals surface area contributed by atoms with Gasteiger partial charge in [0.15, 0.2) is 0 Å². The maximum absolute atomic E-state index is 14.1. The SMILES string of the molecule is CS(=O)(=O)OCC1CN(S(=O)(=O)c2cccc(C(F)(F)F)c2)c2cc(-c3cc(F)cc(OC(F)F)c3)ccc2O1. The number of hydrogen-bond donors (Lipinski definition) is 0. The summed E-state index contributed by atoms with van der Waals surface area (Å²) in [5.41, 5.74) is -1.28. The molecule has 0 bridgehead atoms. The lowest BCUT2D eigenvalue weighted by molar-refractivity contribution is -0.137. The van der Waals surface area contributed by atoms with Gasteiger partial charge in [0, 0.05) is 6.07 Å². The predicted molar refractivity (Wildman–Crippen MR) is 130 cm³/mol. The van der Waals surface area contributed by atoms with Gasteiger partial charge in [-0.15, -0.1) is 0 Å². The van der Waals surface area contributed by atoms with Crippen molar-refractivity contribution in [3.05, 3.63) is 72.0 Å². The molecule has 0 saturated heterocycles. The van der Waals surface area contributed by atoms with Gasteiger partial charge < -0.3 is 9.47 Å². The highest BCUT2D eigenvalue weighted by atomic mass is 32.2. The number of rotatable bonds is 8. The molecule has 1 aliphatic heterocycles. The summed E-state index contributed by atoms with van der Waals surface area (Å²) in [6.07, 6.45) is -5.28. The van der Waals surface area contributed by atoms with E-state index in [-0.39, 0.29) is 22.6 Å². The number of halogens is 6. The van der Waals surface area contributed by atoms with E-state index < -0.39 is 74.2 Å². The average molecular weight is 612 g/mol. The summed E-state index contributed by atoms with van der Waals surface area (Å²) in [6.45, 7) is -4.44. The van der Waals surface area contributed by atoms with Crippen LogP contribution in [0.2, 0.25) is 0 Å². The number of alkyl halides is 5. The Morgan fingerprint density at radius 1 is 1.00 bits per heavy atom. The van der Waals surface area contributed by atoms with E-state index in [0.717, 1.165) is 30.5 Å². The van der Waals surface area contributed by atoms with Gasteiger partial charge in [0.05, 0.1) is 28.9 Å². The van der Waals surface area contributed by atoms with Crippen LogP contribution in [0.4, 0.5) is 32.0 Å². The predicted octanol–water partition coefficient (Wildman–Crippen LogP) is 5.05. The molecular weight excluding hydrogens is 592 g/mol. The highest BCUT2D eigenvalue weighted by molar-refractivity contribution is 7.92. The fourth-order valence-electron chi connectivity index (χ4n) is 3.87. The van der Waals surface area contributed by atoms with Crippen molar-refractivity contribution in [2.75, 3.05) is 23.7 Å². The maximum atomic E-state index is 14.1. The quantitative estimate of drug-likeness (QED) is 0.260. The third kappa shape index (κ3) is 6.79. The third-order valence-electron chi connectivity index (χ3n) is 5.54. The van der Waals surface area contributed by atoms with Crippen LogP contribution in [0.15, 0.2) is 65.6 Å². The van der Waals surface area contributed by atoms with Gasteiger partial charge in [0.25, 0.3) is 20.1 Å². The average Bonchev–Trinajstić information content (AvgIpc) is 2.85. The summed E-state index contributed by atoms with van der Waals surface area (Å²) in [5, 5.41) is 0. The van der Waals surface area contributed by atoms with E-state index in [9.17, 15) is 43.2 Å². The first kappa shape index (κ1) is 29.5. The molecule has 40 heavy (non-hydrogen) atoms. The minimum absolute atomic E-state index is 0.0115. The van der Waals surface area contributed by atoms with Gasteiger partial charge in [-0.3, -0.25) is 8.49 Å². The molecular formula is C24H19F6NO7S2. The molecule has 16 heteroatoms. The fraction of sp³-hybridized carbons (Fsp3) is 0.250. The Kier molecular flexibility index (Phi) is 7.97. The van der Waals surface area contributed by atoms with Crippen molar-refractivity contribution in [3.63, 3.8) is 0 Å². The van der Waals surface area contributed by atoms with Gasteiger partial charge in [0.2, 0.25) is 0 Å². The standard InChI is InChI=1S/C24H19F6NO7S2/c1-39(32,33)36-13-19-12-31(40(34,35)20-4-2-3-16(10-20)24(28,29)30)21-9-14(5-6-22(21)37-19)15-7-17(25)11-18(8-15)38-23(26)27/h2-11,19,23H,12-13H2,1H3. The lowest BCUT2D eigenvalue weighted by atomic mass is 10.0. The minimum Gasteiger partial charge on any atom is -0.484 e. The molecule has 0 aromatic heterocycles. The zero-order chi connectivity index (χ0) is 29.5. The Bertz CT molecular complexity index is 1630.